The van der Waals surface area contributed by atoms with Crippen LogP contribution in [0.15, 0.2) is 42.5 Å². The van der Waals surface area contributed by atoms with E-state index < -0.39 is 6.10 Å². The molecule has 2 amide bonds. The van der Waals surface area contributed by atoms with Gasteiger partial charge in [-0.3, -0.25) is 9.59 Å². The minimum Gasteiger partial charge on any atom is -0.478 e. The number of fused-ring (bicyclic) bond motifs is 2. The van der Waals surface area contributed by atoms with Crippen LogP contribution in [0.1, 0.15) is 12.0 Å². The summed E-state index contributed by atoms with van der Waals surface area (Å²) in [6.07, 6.45) is -0.867. The van der Waals surface area contributed by atoms with E-state index in [1.165, 1.54) is 4.90 Å². The van der Waals surface area contributed by atoms with Gasteiger partial charge in [-0.05, 0) is 29.8 Å². The van der Waals surface area contributed by atoms with Gasteiger partial charge < -0.3 is 24.4 Å². The topological polar surface area (TPSA) is 77.1 Å². The average molecular weight is 354 g/mol. The molecule has 1 N–H and O–H groups in total. The minimum absolute atomic E-state index is 0.0396. The van der Waals surface area contributed by atoms with E-state index in [1.54, 1.807) is 13.1 Å². The Bertz CT molecular complexity index is 867. The fourth-order valence-electron chi connectivity index (χ4n) is 2.99. The summed E-state index contributed by atoms with van der Waals surface area (Å²) in [5.41, 5.74) is 1.59. The number of carbonyl (C=O) groups is 2. The summed E-state index contributed by atoms with van der Waals surface area (Å²) in [6, 6.07) is 12.8. The van der Waals surface area contributed by atoms with Crippen molar-refractivity contribution >= 4 is 17.5 Å². The monoisotopic (exact) mass is 354 g/mol. The quantitative estimate of drug-likeness (QED) is 0.907. The molecule has 2 heterocycles. The number of ether oxygens (including phenoxy) is 3. The predicted molar refractivity (Wildman–Crippen MR) is 93.3 cm³/mol. The van der Waals surface area contributed by atoms with Crippen LogP contribution in [0, 0.1) is 0 Å². The zero-order valence-corrected chi connectivity index (χ0v) is 14.2. The van der Waals surface area contributed by atoms with E-state index in [0.29, 0.717) is 29.5 Å². The van der Waals surface area contributed by atoms with Crippen LogP contribution in [-0.2, 0) is 16.1 Å². The van der Waals surface area contributed by atoms with E-state index in [4.69, 9.17) is 14.2 Å². The molecular formula is C19H18N2O5. The van der Waals surface area contributed by atoms with Crippen molar-refractivity contribution < 1.29 is 23.8 Å². The van der Waals surface area contributed by atoms with Crippen molar-refractivity contribution in [2.24, 2.45) is 0 Å². The van der Waals surface area contributed by atoms with Crippen molar-refractivity contribution in [3.05, 3.63) is 48.0 Å². The van der Waals surface area contributed by atoms with Gasteiger partial charge >= 0.3 is 0 Å². The molecule has 0 aliphatic carbocycles. The Morgan fingerprint density at radius 3 is 2.85 bits per heavy atom. The second kappa shape index (κ2) is 6.59. The van der Waals surface area contributed by atoms with Crippen molar-refractivity contribution in [2.75, 3.05) is 18.7 Å². The number of likely N-dealkylation sites (N-methyl/N-ethyl adjacent to an activating group) is 1. The molecule has 26 heavy (non-hydrogen) atoms. The molecule has 7 heteroatoms. The van der Waals surface area contributed by atoms with Gasteiger partial charge in [0.2, 0.25) is 12.7 Å². The van der Waals surface area contributed by atoms with Gasteiger partial charge in [-0.1, -0.05) is 18.2 Å². The number of para-hydroxylation sites is 2. The Hall–Kier alpha value is -3.22. The van der Waals surface area contributed by atoms with Crippen molar-refractivity contribution in [3.8, 4) is 17.2 Å². The summed E-state index contributed by atoms with van der Waals surface area (Å²) >= 11 is 0. The predicted octanol–water partition coefficient (Wildman–Crippen LogP) is 1.85. The summed E-state index contributed by atoms with van der Waals surface area (Å²) < 4.78 is 16.3. The van der Waals surface area contributed by atoms with Gasteiger partial charge in [0.15, 0.2) is 17.6 Å². The van der Waals surface area contributed by atoms with Gasteiger partial charge in [0.1, 0.15) is 5.75 Å². The van der Waals surface area contributed by atoms with Gasteiger partial charge in [0, 0.05) is 13.6 Å². The normalized spacial score (nSPS) is 17.5. The summed E-state index contributed by atoms with van der Waals surface area (Å²) in [5.74, 6) is 1.47. The van der Waals surface area contributed by atoms with Crippen LogP contribution in [0.3, 0.4) is 0 Å². The first-order chi connectivity index (χ1) is 12.6. The lowest BCUT2D eigenvalue weighted by molar-refractivity contribution is -0.132. The van der Waals surface area contributed by atoms with Crippen LogP contribution < -0.4 is 24.4 Å². The molecule has 0 radical (unpaired) electrons. The first-order valence-corrected chi connectivity index (χ1v) is 8.30. The number of nitrogens with one attached hydrogen (secondary N) is 1. The second-order valence-electron chi connectivity index (χ2n) is 6.14. The number of benzene rings is 2. The molecule has 7 nitrogen and oxygen atoms in total. The molecule has 0 saturated heterocycles. The molecule has 2 aliphatic heterocycles. The SMILES string of the molecule is CN1C(=O)C(CC(=O)NCc2ccc3c(c2)OCO3)Oc2ccccc21. The molecule has 4 rings (SSSR count). The van der Waals surface area contributed by atoms with E-state index >= 15 is 0 Å². The molecule has 0 aromatic heterocycles. The number of hydrogen-bond acceptors (Lipinski definition) is 5. The number of anilines is 1. The maximum Gasteiger partial charge on any atom is 0.268 e. The lowest BCUT2D eigenvalue weighted by Crippen LogP contribution is -2.46. The maximum absolute atomic E-state index is 12.4. The van der Waals surface area contributed by atoms with E-state index in [1.807, 2.05) is 36.4 Å². The zero-order chi connectivity index (χ0) is 18.1. The molecule has 0 bridgehead atoms. The van der Waals surface area contributed by atoms with E-state index in [0.717, 1.165) is 5.56 Å². The number of hydrogen-bond donors (Lipinski definition) is 1. The molecule has 1 unspecified atom stereocenters. The summed E-state index contributed by atoms with van der Waals surface area (Å²) in [4.78, 5) is 26.2. The average Bonchev–Trinajstić information content (AvgIpc) is 3.12. The van der Waals surface area contributed by atoms with Crippen LogP contribution in [0.2, 0.25) is 0 Å². The molecule has 1 atom stereocenters. The maximum atomic E-state index is 12.4. The molecular weight excluding hydrogens is 336 g/mol. The van der Waals surface area contributed by atoms with Gasteiger partial charge in [-0.25, -0.2) is 0 Å². The molecule has 0 spiro atoms. The number of carbonyl (C=O) groups excluding carboxylic acids is 2. The van der Waals surface area contributed by atoms with Crippen molar-refractivity contribution in [3.63, 3.8) is 0 Å². The molecule has 2 aromatic carbocycles. The van der Waals surface area contributed by atoms with Crippen LogP contribution in [-0.4, -0.2) is 31.8 Å². The lowest BCUT2D eigenvalue weighted by atomic mass is 10.1. The molecule has 0 saturated carbocycles. The third-order valence-electron chi connectivity index (χ3n) is 4.40. The Kier molecular flexibility index (Phi) is 4.12. The minimum atomic E-state index is -0.827. The largest absolute Gasteiger partial charge is 0.478 e. The molecule has 134 valence electrons. The van der Waals surface area contributed by atoms with Crippen LogP contribution in [0.25, 0.3) is 0 Å². The van der Waals surface area contributed by atoms with Gasteiger partial charge in [0.25, 0.3) is 5.91 Å². The third kappa shape index (κ3) is 3.03. The summed E-state index contributed by atoms with van der Waals surface area (Å²) in [6.45, 7) is 0.546. The fourth-order valence-corrected chi connectivity index (χ4v) is 2.99. The zero-order valence-electron chi connectivity index (χ0n) is 14.2. The first kappa shape index (κ1) is 16.3. The smallest absolute Gasteiger partial charge is 0.268 e. The second-order valence-corrected chi connectivity index (χ2v) is 6.14. The fraction of sp³-hybridized carbons (Fsp3) is 0.263. The Labute approximate surface area is 150 Å². The Morgan fingerprint density at radius 1 is 1.15 bits per heavy atom. The van der Waals surface area contributed by atoms with Crippen LogP contribution in [0.5, 0.6) is 17.2 Å². The highest BCUT2D eigenvalue weighted by atomic mass is 16.7. The number of nitrogens with zero attached hydrogens (tertiary/aromatic N) is 1. The van der Waals surface area contributed by atoms with Gasteiger partial charge in [-0.15, -0.1) is 0 Å². The third-order valence-corrected chi connectivity index (χ3v) is 4.40. The number of rotatable bonds is 4. The van der Waals surface area contributed by atoms with Gasteiger partial charge in [0.05, 0.1) is 12.1 Å². The van der Waals surface area contributed by atoms with Crippen LogP contribution in [0.4, 0.5) is 5.69 Å². The summed E-state index contributed by atoms with van der Waals surface area (Å²) in [5, 5.41) is 2.81. The molecule has 2 aliphatic rings. The van der Waals surface area contributed by atoms with E-state index in [2.05, 4.69) is 5.32 Å². The molecule has 2 aromatic rings. The number of amides is 2. The highest BCUT2D eigenvalue weighted by molar-refractivity contribution is 6.01. The highest BCUT2D eigenvalue weighted by Gasteiger charge is 2.33. The Balaban J connectivity index is 1.37. The van der Waals surface area contributed by atoms with Crippen LogP contribution >= 0.6 is 0 Å². The van der Waals surface area contributed by atoms with Crippen molar-refractivity contribution in [2.45, 2.75) is 19.1 Å². The molecule has 0 fully saturated rings. The van der Waals surface area contributed by atoms with Crippen molar-refractivity contribution in [1.82, 2.24) is 5.32 Å². The Morgan fingerprint density at radius 2 is 1.96 bits per heavy atom. The van der Waals surface area contributed by atoms with Gasteiger partial charge in [-0.2, -0.15) is 0 Å². The van der Waals surface area contributed by atoms with E-state index in [-0.39, 0.29) is 25.0 Å². The summed E-state index contributed by atoms with van der Waals surface area (Å²) in [7, 11) is 1.68. The van der Waals surface area contributed by atoms with Crippen molar-refractivity contribution in [1.29, 1.82) is 0 Å². The standard InChI is InChI=1S/C19H18N2O5/c1-21-13-4-2-3-5-14(13)26-17(19(21)23)9-18(22)20-10-12-6-7-15-16(8-12)25-11-24-15/h2-8,17H,9-11H2,1H3,(H,20,22). The van der Waals surface area contributed by atoms with E-state index in [9.17, 15) is 9.59 Å². The first-order valence-electron chi connectivity index (χ1n) is 8.30. The lowest BCUT2D eigenvalue weighted by Gasteiger charge is -2.31. The highest BCUT2D eigenvalue weighted by Crippen LogP contribution is 2.34.